The van der Waals surface area contributed by atoms with Crippen LogP contribution in [0.2, 0.25) is 0 Å². The summed E-state index contributed by atoms with van der Waals surface area (Å²) in [5.41, 5.74) is 3.49. The second-order valence-electron chi connectivity index (χ2n) is 3.23. The van der Waals surface area contributed by atoms with E-state index in [-0.39, 0.29) is 0 Å². The highest BCUT2D eigenvalue weighted by Crippen LogP contribution is 2.20. The highest BCUT2D eigenvalue weighted by atomic mass is 79.9. The molecule has 13 heavy (non-hydrogen) atoms. The van der Waals surface area contributed by atoms with Gasteiger partial charge in [0.25, 0.3) is 0 Å². The van der Waals surface area contributed by atoms with E-state index >= 15 is 0 Å². The zero-order valence-electron chi connectivity index (χ0n) is 7.42. The van der Waals surface area contributed by atoms with Crippen molar-refractivity contribution in [3.8, 4) is 0 Å². The highest BCUT2D eigenvalue weighted by Gasteiger charge is 2.04. The minimum atomic E-state index is 0.549. The lowest BCUT2D eigenvalue weighted by Crippen LogP contribution is -1.93. The van der Waals surface area contributed by atoms with Crippen LogP contribution in [0.1, 0.15) is 18.4 Å². The summed E-state index contributed by atoms with van der Waals surface area (Å²) in [5.74, 6) is 0.549. The van der Waals surface area contributed by atoms with Crippen LogP contribution >= 0.6 is 15.9 Å². The lowest BCUT2D eigenvalue weighted by atomic mass is 10.0. The van der Waals surface area contributed by atoms with Gasteiger partial charge < -0.3 is 4.98 Å². The van der Waals surface area contributed by atoms with Gasteiger partial charge in [0.15, 0.2) is 0 Å². The number of hydrogen-bond acceptors (Lipinski definition) is 1. The molecule has 2 rings (SSSR count). The standard InChI is InChI=1S/C10H11BrN2/c1-7(5-11)8-2-3-9-10(4-8)13-6-12-9/h2-4,6-7H,5H2,1H3,(H,12,13). The quantitative estimate of drug-likeness (QED) is 0.801. The Morgan fingerprint density at radius 3 is 3.15 bits per heavy atom. The topological polar surface area (TPSA) is 28.7 Å². The van der Waals surface area contributed by atoms with Gasteiger partial charge in [0.1, 0.15) is 0 Å². The maximum absolute atomic E-state index is 4.18. The molecule has 0 aliphatic rings. The maximum atomic E-state index is 4.18. The number of hydrogen-bond donors (Lipinski definition) is 1. The molecule has 2 nitrogen and oxygen atoms in total. The molecule has 0 bridgehead atoms. The molecule has 1 N–H and O–H groups in total. The molecule has 0 aliphatic heterocycles. The van der Waals surface area contributed by atoms with Crippen LogP contribution < -0.4 is 0 Å². The maximum Gasteiger partial charge on any atom is 0.0931 e. The van der Waals surface area contributed by atoms with Crippen LogP contribution in [0, 0.1) is 0 Å². The first-order valence-corrected chi connectivity index (χ1v) is 5.42. The largest absolute Gasteiger partial charge is 0.345 e. The van der Waals surface area contributed by atoms with Crippen LogP contribution in [-0.4, -0.2) is 15.3 Å². The lowest BCUT2D eigenvalue weighted by molar-refractivity contribution is 0.890. The van der Waals surface area contributed by atoms with Gasteiger partial charge in [-0.15, -0.1) is 0 Å². The molecule has 1 aromatic carbocycles. The van der Waals surface area contributed by atoms with E-state index < -0.39 is 0 Å². The van der Waals surface area contributed by atoms with Gasteiger partial charge in [-0.05, 0) is 23.6 Å². The van der Waals surface area contributed by atoms with E-state index in [2.05, 4.69) is 51.0 Å². The Hall–Kier alpha value is -0.830. The molecular weight excluding hydrogens is 228 g/mol. The van der Waals surface area contributed by atoms with Crippen molar-refractivity contribution in [1.29, 1.82) is 0 Å². The average Bonchev–Trinajstić information content (AvgIpc) is 2.63. The second-order valence-corrected chi connectivity index (χ2v) is 3.88. The minimum Gasteiger partial charge on any atom is -0.345 e. The fraction of sp³-hybridized carbons (Fsp3) is 0.300. The van der Waals surface area contributed by atoms with Crippen LogP contribution in [0.3, 0.4) is 0 Å². The number of fused-ring (bicyclic) bond motifs is 1. The van der Waals surface area contributed by atoms with Crippen molar-refractivity contribution in [1.82, 2.24) is 9.97 Å². The zero-order valence-corrected chi connectivity index (χ0v) is 9.01. The van der Waals surface area contributed by atoms with Crippen LogP contribution in [-0.2, 0) is 0 Å². The predicted molar refractivity (Wildman–Crippen MR) is 58.3 cm³/mol. The molecule has 0 saturated heterocycles. The molecule has 0 amide bonds. The van der Waals surface area contributed by atoms with E-state index in [0.717, 1.165) is 16.4 Å². The third-order valence-corrected chi connectivity index (χ3v) is 3.22. The minimum absolute atomic E-state index is 0.549. The highest BCUT2D eigenvalue weighted by molar-refractivity contribution is 9.09. The van der Waals surface area contributed by atoms with Gasteiger partial charge in [-0.3, -0.25) is 0 Å². The molecule has 0 saturated carbocycles. The van der Waals surface area contributed by atoms with E-state index in [0.29, 0.717) is 5.92 Å². The van der Waals surface area contributed by atoms with Gasteiger partial charge in [0, 0.05) is 5.33 Å². The molecule has 0 radical (unpaired) electrons. The molecule has 1 atom stereocenters. The second kappa shape index (κ2) is 3.50. The summed E-state index contributed by atoms with van der Waals surface area (Å²) in [6, 6.07) is 6.35. The van der Waals surface area contributed by atoms with Gasteiger partial charge in [0.05, 0.1) is 17.4 Å². The molecule has 1 aromatic heterocycles. The molecule has 1 heterocycles. The SMILES string of the molecule is CC(CBr)c1ccc2nc[nH]c2c1. The molecule has 1 unspecified atom stereocenters. The third-order valence-electron chi connectivity index (χ3n) is 2.24. The fourth-order valence-electron chi connectivity index (χ4n) is 1.35. The van der Waals surface area contributed by atoms with Crippen molar-refractivity contribution in [2.45, 2.75) is 12.8 Å². The summed E-state index contributed by atoms with van der Waals surface area (Å²) in [4.78, 5) is 7.29. The molecule has 0 aliphatic carbocycles. The van der Waals surface area contributed by atoms with E-state index in [1.54, 1.807) is 6.33 Å². The first-order chi connectivity index (χ1) is 6.31. The fourth-order valence-corrected chi connectivity index (χ4v) is 1.72. The van der Waals surface area contributed by atoms with E-state index in [1.807, 2.05) is 0 Å². The summed E-state index contributed by atoms with van der Waals surface area (Å²) in [5, 5.41) is 0.993. The molecule has 68 valence electrons. The van der Waals surface area contributed by atoms with Crippen LogP contribution in [0.15, 0.2) is 24.5 Å². The average molecular weight is 239 g/mol. The van der Waals surface area contributed by atoms with Crippen molar-refractivity contribution < 1.29 is 0 Å². The number of aromatic nitrogens is 2. The first kappa shape index (κ1) is 8.75. The smallest absolute Gasteiger partial charge is 0.0931 e. The summed E-state index contributed by atoms with van der Waals surface area (Å²) < 4.78 is 0. The number of imidazole rings is 1. The van der Waals surface area contributed by atoms with E-state index in [9.17, 15) is 0 Å². The number of nitrogens with one attached hydrogen (secondary N) is 1. The molecule has 2 aromatic rings. The van der Waals surface area contributed by atoms with Crippen molar-refractivity contribution in [3.63, 3.8) is 0 Å². The number of benzene rings is 1. The number of aromatic amines is 1. The predicted octanol–water partition coefficient (Wildman–Crippen LogP) is 3.06. The molecule has 0 spiro atoms. The van der Waals surface area contributed by atoms with E-state index in [1.165, 1.54) is 5.56 Å². The van der Waals surface area contributed by atoms with Crippen molar-refractivity contribution in [3.05, 3.63) is 30.1 Å². The van der Waals surface area contributed by atoms with Crippen molar-refractivity contribution >= 4 is 27.0 Å². The Labute approximate surface area is 85.5 Å². The van der Waals surface area contributed by atoms with E-state index in [4.69, 9.17) is 0 Å². The number of nitrogens with zero attached hydrogens (tertiary/aromatic N) is 1. The van der Waals surface area contributed by atoms with Gasteiger partial charge in [-0.2, -0.15) is 0 Å². The van der Waals surface area contributed by atoms with Crippen LogP contribution in [0.25, 0.3) is 11.0 Å². The van der Waals surface area contributed by atoms with Crippen molar-refractivity contribution in [2.24, 2.45) is 0 Å². The van der Waals surface area contributed by atoms with Gasteiger partial charge in [-0.25, -0.2) is 4.98 Å². The monoisotopic (exact) mass is 238 g/mol. The van der Waals surface area contributed by atoms with Crippen molar-refractivity contribution in [2.75, 3.05) is 5.33 Å². The number of halogens is 1. The third kappa shape index (κ3) is 1.61. The van der Waals surface area contributed by atoms with Crippen LogP contribution in [0.4, 0.5) is 0 Å². The van der Waals surface area contributed by atoms with Gasteiger partial charge in [0.2, 0.25) is 0 Å². The Balaban J connectivity index is 2.48. The van der Waals surface area contributed by atoms with Crippen LogP contribution in [0.5, 0.6) is 0 Å². The van der Waals surface area contributed by atoms with Gasteiger partial charge >= 0.3 is 0 Å². The summed E-state index contributed by atoms with van der Waals surface area (Å²) >= 11 is 3.48. The summed E-state index contributed by atoms with van der Waals surface area (Å²) in [6.07, 6.45) is 1.73. The Kier molecular flexibility index (Phi) is 2.36. The normalized spacial score (nSPS) is 13.4. The number of H-pyrrole nitrogens is 1. The zero-order chi connectivity index (χ0) is 9.26. The number of alkyl halides is 1. The molecule has 3 heteroatoms. The summed E-state index contributed by atoms with van der Waals surface area (Å²) in [7, 11) is 0. The first-order valence-electron chi connectivity index (χ1n) is 4.30. The summed E-state index contributed by atoms with van der Waals surface area (Å²) in [6.45, 7) is 2.20. The Bertz CT molecular complexity index is 408. The number of rotatable bonds is 2. The lowest BCUT2D eigenvalue weighted by Gasteiger charge is -2.06. The van der Waals surface area contributed by atoms with Gasteiger partial charge in [-0.1, -0.05) is 28.9 Å². The molecule has 0 fully saturated rings. The Morgan fingerprint density at radius 2 is 2.38 bits per heavy atom. The Morgan fingerprint density at radius 1 is 1.54 bits per heavy atom. The molecular formula is C10H11BrN2.